The van der Waals surface area contributed by atoms with Gasteiger partial charge < -0.3 is 5.32 Å². The van der Waals surface area contributed by atoms with E-state index < -0.39 is 9.84 Å². The van der Waals surface area contributed by atoms with Crippen molar-refractivity contribution in [2.75, 3.05) is 5.32 Å². The molecular weight excluding hydrogens is 400 g/mol. The summed E-state index contributed by atoms with van der Waals surface area (Å²) < 4.78 is 25.8. The number of sulfone groups is 1. The molecule has 1 heterocycles. The van der Waals surface area contributed by atoms with Crippen molar-refractivity contribution in [2.45, 2.75) is 16.8 Å². The number of aromatic nitrogens is 1. The minimum atomic E-state index is -3.77. The van der Waals surface area contributed by atoms with E-state index in [2.05, 4.69) is 10.3 Å². The molecule has 0 aliphatic rings. The molecular formula is C20H15ClN2O2S2. The third-order valence-corrected chi connectivity index (χ3v) is 7.25. The Morgan fingerprint density at radius 1 is 0.963 bits per heavy atom. The number of nitrogens with zero attached hydrogens (tertiary/aromatic N) is 1. The summed E-state index contributed by atoms with van der Waals surface area (Å²) in [6.07, 6.45) is 0. The second-order valence-electron chi connectivity index (χ2n) is 6.10. The quantitative estimate of drug-likeness (QED) is 0.456. The number of aryl methyl sites for hydroxylation is 1. The molecule has 3 aromatic carbocycles. The number of rotatable bonds is 4. The SMILES string of the molecule is Cc1ccc(S(=O)(=O)c2nc(Nc3ccc4ccccc4c3)sc2Cl)cc1. The van der Waals surface area contributed by atoms with Crippen molar-refractivity contribution in [2.24, 2.45) is 0 Å². The van der Waals surface area contributed by atoms with Crippen LogP contribution in [0.1, 0.15) is 5.56 Å². The first-order chi connectivity index (χ1) is 12.9. The van der Waals surface area contributed by atoms with Crippen molar-refractivity contribution in [3.05, 3.63) is 76.6 Å². The lowest BCUT2D eigenvalue weighted by Crippen LogP contribution is -2.03. The van der Waals surface area contributed by atoms with Crippen LogP contribution in [0.2, 0.25) is 4.34 Å². The van der Waals surface area contributed by atoms with Crippen LogP contribution < -0.4 is 5.32 Å². The molecule has 1 aromatic heterocycles. The maximum absolute atomic E-state index is 12.8. The van der Waals surface area contributed by atoms with Crippen LogP contribution in [0.25, 0.3) is 10.8 Å². The summed E-state index contributed by atoms with van der Waals surface area (Å²) in [5.41, 5.74) is 1.80. The van der Waals surface area contributed by atoms with Crippen LogP contribution in [0, 0.1) is 6.92 Å². The Kier molecular flexibility index (Phi) is 4.63. The van der Waals surface area contributed by atoms with Crippen LogP contribution in [0.3, 0.4) is 0 Å². The van der Waals surface area contributed by atoms with Gasteiger partial charge in [0.15, 0.2) is 10.2 Å². The Morgan fingerprint density at radius 3 is 2.41 bits per heavy atom. The molecule has 27 heavy (non-hydrogen) atoms. The molecule has 0 aliphatic heterocycles. The number of halogens is 1. The summed E-state index contributed by atoms with van der Waals surface area (Å²) in [5.74, 6) is 0. The summed E-state index contributed by atoms with van der Waals surface area (Å²) in [4.78, 5) is 4.42. The first kappa shape index (κ1) is 18.0. The van der Waals surface area contributed by atoms with E-state index in [-0.39, 0.29) is 14.3 Å². The number of nitrogens with one attached hydrogen (secondary N) is 1. The van der Waals surface area contributed by atoms with Crippen molar-refractivity contribution in [1.29, 1.82) is 0 Å². The van der Waals surface area contributed by atoms with E-state index in [1.165, 1.54) is 0 Å². The molecule has 0 atom stereocenters. The first-order valence-electron chi connectivity index (χ1n) is 8.17. The lowest BCUT2D eigenvalue weighted by atomic mass is 10.1. The maximum atomic E-state index is 12.8. The highest BCUT2D eigenvalue weighted by Crippen LogP contribution is 2.36. The normalized spacial score (nSPS) is 11.6. The van der Waals surface area contributed by atoms with Crippen LogP contribution in [0.4, 0.5) is 10.8 Å². The van der Waals surface area contributed by atoms with Gasteiger partial charge in [-0.3, -0.25) is 0 Å². The van der Waals surface area contributed by atoms with Gasteiger partial charge in [0, 0.05) is 5.69 Å². The number of benzene rings is 3. The van der Waals surface area contributed by atoms with Crippen LogP contribution in [0.15, 0.2) is 76.7 Å². The maximum Gasteiger partial charge on any atom is 0.226 e. The lowest BCUT2D eigenvalue weighted by Gasteiger charge is -2.05. The molecule has 4 rings (SSSR count). The van der Waals surface area contributed by atoms with Gasteiger partial charge in [0.2, 0.25) is 9.84 Å². The van der Waals surface area contributed by atoms with Gasteiger partial charge in [0.1, 0.15) is 4.34 Å². The largest absolute Gasteiger partial charge is 0.331 e. The minimum Gasteiger partial charge on any atom is -0.331 e. The van der Waals surface area contributed by atoms with Gasteiger partial charge in [-0.2, -0.15) is 0 Å². The molecule has 0 radical (unpaired) electrons. The van der Waals surface area contributed by atoms with Crippen molar-refractivity contribution in [3.63, 3.8) is 0 Å². The molecule has 0 fully saturated rings. The number of hydrogen-bond acceptors (Lipinski definition) is 5. The van der Waals surface area contributed by atoms with Crippen molar-refractivity contribution < 1.29 is 8.42 Å². The Bertz CT molecular complexity index is 1230. The fourth-order valence-electron chi connectivity index (χ4n) is 2.73. The zero-order chi connectivity index (χ0) is 19.0. The van der Waals surface area contributed by atoms with E-state index in [1.807, 2.05) is 49.4 Å². The Balaban J connectivity index is 1.67. The Morgan fingerprint density at radius 2 is 1.67 bits per heavy atom. The van der Waals surface area contributed by atoms with Crippen molar-refractivity contribution in [1.82, 2.24) is 4.98 Å². The van der Waals surface area contributed by atoms with E-state index in [0.717, 1.165) is 33.4 Å². The van der Waals surface area contributed by atoms with Crippen molar-refractivity contribution >= 4 is 54.4 Å². The molecule has 7 heteroatoms. The molecule has 0 bridgehead atoms. The zero-order valence-corrected chi connectivity index (χ0v) is 16.7. The average molecular weight is 415 g/mol. The van der Waals surface area contributed by atoms with Crippen LogP contribution in [0.5, 0.6) is 0 Å². The Labute approximate surface area is 166 Å². The highest BCUT2D eigenvalue weighted by atomic mass is 35.5. The molecule has 4 nitrogen and oxygen atoms in total. The van der Waals surface area contributed by atoms with Crippen LogP contribution in [-0.2, 0) is 9.84 Å². The number of thiazole rings is 1. The van der Waals surface area contributed by atoms with Gasteiger partial charge in [-0.15, -0.1) is 0 Å². The summed E-state index contributed by atoms with van der Waals surface area (Å²) in [6.45, 7) is 1.90. The first-order valence-corrected chi connectivity index (χ1v) is 10.9. The minimum absolute atomic E-state index is 0.124. The molecule has 0 amide bonds. The summed E-state index contributed by atoms with van der Waals surface area (Å²) in [5, 5.41) is 5.66. The monoisotopic (exact) mass is 414 g/mol. The predicted molar refractivity (Wildman–Crippen MR) is 111 cm³/mol. The van der Waals surface area contributed by atoms with E-state index in [9.17, 15) is 8.42 Å². The standard InChI is InChI=1S/C20H15ClN2O2S2/c1-13-6-10-17(11-7-13)27(24,25)19-18(21)26-20(23-19)22-16-9-8-14-4-2-3-5-15(14)12-16/h2-12H,1H3,(H,22,23). The van der Waals surface area contributed by atoms with E-state index in [4.69, 9.17) is 11.6 Å². The molecule has 0 aliphatic carbocycles. The van der Waals surface area contributed by atoms with Gasteiger partial charge in [0.25, 0.3) is 0 Å². The molecule has 0 saturated heterocycles. The Hall–Kier alpha value is -2.41. The molecule has 4 aromatic rings. The van der Waals surface area contributed by atoms with Crippen LogP contribution >= 0.6 is 22.9 Å². The van der Waals surface area contributed by atoms with E-state index in [0.29, 0.717) is 5.13 Å². The van der Waals surface area contributed by atoms with Gasteiger partial charge in [-0.1, -0.05) is 71.0 Å². The molecule has 1 N–H and O–H groups in total. The fourth-order valence-corrected chi connectivity index (χ4v) is 5.55. The summed E-state index contributed by atoms with van der Waals surface area (Å²) >= 11 is 7.31. The van der Waals surface area contributed by atoms with Gasteiger partial charge in [0.05, 0.1) is 4.90 Å². The van der Waals surface area contributed by atoms with Gasteiger partial charge in [-0.25, -0.2) is 13.4 Å². The lowest BCUT2D eigenvalue weighted by molar-refractivity contribution is 0.593. The second kappa shape index (κ2) is 6.96. The van der Waals surface area contributed by atoms with Crippen molar-refractivity contribution in [3.8, 4) is 0 Å². The molecule has 0 saturated carbocycles. The highest BCUT2D eigenvalue weighted by Gasteiger charge is 2.25. The predicted octanol–water partition coefficient (Wildman–Crippen LogP) is 5.83. The fraction of sp³-hybridized carbons (Fsp3) is 0.0500. The van der Waals surface area contributed by atoms with Gasteiger partial charge >= 0.3 is 0 Å². The molecule has 0 unspecified atom stereocenters. The third kappa shape index (κ3) is 3.56. The molecule has 136 valence electrons. The number of fused-ring (bicyclic) bond motifs is 1. The smallest absolute Gasteiger partial charge is 0.226 e. The number of anilines is 2. The third-order valence-electron chi connectivity index (χ3n) is 4.14. The zero-order valence-electron chi connectivity index (χ0n) is 14.3. The van der Waals surface area contributed by atoms with E-state index in [1.54, 1.807) is 24.3 Å². The summed E-state index contributed by atoms with van der Waals surface area (Å²) in [6, 6.07) is 20.5. The second-order valence-corrected chi connectivity index (χ2v) is 9.57. The molecule has 0 spiro atoms. The highest BCUT2D eigenvalue weighted by molar-refractivity contribution is 7.91. The summed E-state index contributed by atoms with van der Waals surface area (Å²) in [7, 11) is -3.77. The van der Waals surface area contributed by atoms with Gasteiger partial charge in [-0.05, 0) is 42.0 Å². The van der Waals surface area contributed by atoms with Crippen LogP contribution in [-0.4, -0.2) is 13.4 Å². The van der Waals surface area contributed by atoms with E-state index >= 15 is 0 Å². The average Bonchev–Trinajstić information content (AvgIpc) is 3.03. The topological polar surface area (TPSA) is 59.1 Å². The number of hydrogen-bond donors (Lipinski definition) is 1.